The number of ether oxygens (including phenoxy) is 7. The number of terminal acetylenes is 1. The number of nitrogens with one attached hydrogen (secondary N) is 2. The van der Waals surface area contributed by atoms with Crippen molar-refractivity contribution in [1.82, 2.24) is 10.2 Å². The standard InChI is InChI=1S/C64H78N6O10/c1-8-17-55-45(9-2)33-49-39-65-53-37-59(57(75-6)35-51(53)62(72)69(49)55)79-41-43-30-44(42-80-60-38-54-52(36-58(60)76-7)63(73)70-50(40-66-54)34-46-18-14-15-21-56(46)70)32-48(31-43)68(24-25-77-28-29-78-27-26-74-5)23-16-22-61(71)67-64(4,10-3)47-19-12-11-13-20-47/h2,8,14-15,17-18,21,30-32,35-39,47,49-50,66H,10-13,16,19-20,22-29,33-34,40-42H2,1,3-7H3,(H,67,71)/b17-8-/t49-,50-,64?/m0/s1. The summed E-state index contributed by atoms with van der Waals surface area (Å²) < 4.78 is 42.1. The molecule has 1 saturated carbocycles. The maximum atomic E-state index is 14.3. The topological polar surface area (TPSA) is 162 Å². The molecule has 0 aromatic heterocycles. The molecule has 1 aliphatic carbocycles. The number of methoxy groups -OCH3 is 3. The predicted molar refractivity (Wildman–Crippen MR) is 312 cm³/mol. The molecule has 0 spiro atoms. The van der Waals surface area contributed by atoms with E-state index in [2.05, 4.69) is 53.5 Å². The molecule has 4 aromatic rings. The van der Waals surface area contributed by atoms with Crippen LogP contribution in [0.3, 0.4) is 0 Å². The largest absolute Gasteiger partial charge is 0.493 e. The highest BCUT2D eigenvalue weighted by molar-refractivity contribution is 6.12. The molecule has 3 atom stereocenters. The van der Waals surface area contributed by atoms with E-state index in [1.54, 1.807) is 50.6 Å². The van der Waals surface area contributed by atoms with Gasteiger partial charge in [-0.25, -0.2) is 0 Å². The number of hydrogen-bond acceptors (Lipinski definition) is 13. The van der Waals surface area contributed by atoms with Gasteiger partial charge >= 0.3 is 0 Å². The fourth-order valence-corrected chi connectivity index (χ4v) is 11.8. The maximum absolute atomic E-state index is 14.3. The van der Waals surface area contributed by atoms with E-state index in [9.17, 15) is 14.4 Å². The van der Waals surface area contributed by atoms with Crippen LogP contribution in [0.2, 0.25) is 0 Å². The van der Waals surface area contributed by atoms with Crippen molar-refractivity contribution >= 4 is 46.7 Å². The summed E-state index contributed by atoms with van der Waals surface area (Å²) in [5, 5.41) is 7.01. The Balaban J connectivity index is 0.997. The van der Waals surface area contributed by atoms with Crippen LogP contribution >= 0.6 is 0 Å². The van der Waals surface area contributed by atoms with Gasteiger partial charge < -0.3 is 53.6 Å². The van der Waals surface area contributed by atoms with Crippen LogP contribution in [0.5, 0.6) is 23.0 Å². The van der Waals surface area contributed by atoms with Gasteiger partial charge in [0.25, 0.3) is 11.8 Å². The number of carbonyl (C=O) groups excluding carboxylic acids is 3. The number of aliphatic imine (C=N–C) groups is 1. The molecule has 9 rings (SSSR count). The van der Waals surface area contributed by atoms with Gasteiger partial charge in [0.15, 0.2) is 23.0 Å². The zero-order valence-corrected chi connectivity index (χ0v) is 47.4. The lowest BCUT2D eigenvalue weighted by atomic mass is 9.74. The second-order valence-corrected chi connectivity index (χ2v) is 21.4. The van der Waals surface area contributed by atoms with E-state index in [0.29, 0.717) is 129 Å². The molecule has 4 aromatic carbocycles. The number of benzene rings is 4. The van der Waals surface area contributed by atoms with Gasteiger partial charge in [-0.2, -0.15) is 0 Å². The normalized spacial score (nSPS) is 18.3. The highest BCUT2D eigenvalue weighted by Crippen LogP contribution is 2.43. The van der Waals surface area contributed by atoms with E-state index in [-0.39, 0.29) is 48.6 Å². The molecule has 424 valence electrons. The number of allylic oxidation sites excluding steroid dienone is 2. The van der Waals surface area contributed by atoms with Crippen molar-refractivity contribution < 1.29 is 47.5 Å². The highest BCUT2D eigenvalue weighted by atomic mass is 16.5. The molecule has 5 aliphatic rings. The van der Waals surface area contributed by atoms with E-state index < -0.39 is 0 Å². The summed E-state index contributed by atoms with van der Waals surface area (Å²) in [4.78, 5) is 53.0. The Morgan fingerprint density at radius 1 is 0.838 bits per heavy atom. The lowest BCUT2D eigenvalue weighted by molar-refractivity contribution is -0.123. The smallest absolute Gasteiger partial charge is 0.261 e. The van der Waals surface area contributed by atoms with Crippen molar-refractivity contribution in [2.24, 2.45) is 10.9 Å². The number of rotatable bonds is 26. The molecule has 0 radical (unpaired) electrons. The number of hydrogen-bond donors (Lipinski definition) is 2. The second kappa shape index (κ2) is 26.8. The van der Waals surface area contributed by atoms with Gasteiger partial charge in [-0.15, -0.1) is 6.42 Å². The lowest BCUT2D eigenvalue weighted by Crippen LogP contribution is -2.51. The minimum Gasteiger partial charge on any atom is -0.493 e. The van der Waals surface area contributed by atoms with Crippen molar-refractivity contribution in [3.63, 3.8) is 0 Å². The Kier molecular flexibility index (Phi) is 19.2. The molecular formula is C64H78N6O10. The Morgan fingerprint density at radius 2 is 1.52 bits per heavy atom. The second-order valence-electron chi connectivity index (χ2n) is 21.4. The van der Waals surface area contributed by atoms with E-state index in [4.69, 9.17) is 44.6 Å². The van der Waals surface area contributed by atoms with Gasteiger partial charge in [-0.3, -0.25) is 24.3 Å². The first-order valence-corrected chi connectivity index (χ1v) is 28.4. The predicted octanol–water partition coefficient (Wildman–Crippen LogP) is 10.4. The number of nitrogens with zero attached hydrogens (tertiary/aromatic N) is 4. The van der Waals surface area contributed by atoms with Crippen LogP contribution in [0.25, 0.3) is 0 Å². The van der Waals surface area contributed by atoms with Gasteiger partial charge in [0.2, 0.25) is 5.91 Å². The van der Waals surface area contributed by atoms with E-state index in [1.807, 2.05) is 54.3 Å². The number of fused-ring (bicyclic) bond motifs is 6. The summed E-state index contributed by atoms with van der Waals surface area (Å²) in [5.74, 6) is 4.66. The van der Waals surface area contributed by atoms with Crippen LogP contribution < -0.4 is 39.4 Å². The first-order chi connectivity index (χ1) is 39.0. The van der Waals surface area contributed by atoms with Gasteiger partial charge in [-0.1, -0.05) is 56.4 Å². The summed E-state index contributed by atoms with van der Waals surface area (Å²) in [6.07, 6.45) is 20.5. The van der Waals surface area contributed by atoms with Crippen molar-refractivity contribution in [1.29, 1.82) is 0 Å². The molecule has 1 fully saturated rings. The van der Waals surface area contributed by atoms with Crippen LogP contribution in [0, 0.1) is 18.3 Å². The van der Waals surface area contributed by atoms with E-state index in [0.717, 1.165) is 59.3 Å². The molecule has 80 heavy (non-hydrogen) atoms. The molecule has 4 heterocycles. The third-order valence-corrected chi connectivity index (χ3v) is 16.3. The number of anilines is 3. The molecule has 16 heteroatoms. The average Bonchev–Trinajstić information content (AvgIpc) is 3.97. The highest BCUT2D eigenvalue weighted by Gasteiger charge is 2.40. The molecule has 1 unspecified atom stereocenters. The van der Waals surface area contributed by atoms with Crippen LogP contribution in [0.4, 0.5) is 22.7 Å². The number of para-hydroxylation sites is 1. The Hall–Kier alpha value is -7.32. The van der Waals surface area contributed by atoms with Gasteiger partial charge in [0.1, 0.15) is 13.2 Å². The molecule has 0 bridgehead atoms. The molecule has 16 nitrogen and oxygen atoms in total. The number of amides is 3. The summed E-state index contributed by atoms with van der Waals surface area (Å²) in [6.45, 7) is 10.4. The first-order valence-electron chi connectivity index (χ1n) is 28.4. The average molecular weight is 1090 g/mol. The van der Waals surface area contributed by atoms with Crippen LogP contribution in [0.1, 0.15) is 116 Å². The van der Waals surface area contributed by atoms with Crippen molar-refractivity contribution in [3.8, 4) is 35.3 Å². The minimum atomic E-state index is -0.332. The first kappa shape index (κ1) is 57.4. The maximum Gasteiger partial charge on any atom is 0.261 e. The Bertz CT molecular complexity index is 3010. The van der Waals surface area contributed by atoms with Gasteiger partial charge in [0, 0.05) is 80.4 Å². The molecule has 0 saturated heterocycles. The monoisotopic (exact) mass is 1090 g/mol. The van der Waals surface area contributed by atoms with Gasteiger partial charge in [0.05, 0.1) is 87.5 Å². The Morgan fingerprint density at radius 3 is 2.23 bits per heavy atom. The lowest BCUT2D eigenvalue weighted by Gasteiger charge is -2.40. The SMILES string of the molecule is C#CC1=C(/C=C\C)N2C(=O)c3cc(OC)c(OCc4cc(COc5cc6c(cc5OC)C(=O)N5c7ccccc7C[C@H]5CN6)cc(N(CCCC(=O)NC(C)(CC)C5CCCCC5)CCOCCOCCOC)c4)cc3N=C[C@@H]2C1. The molecular weight excluding hydrogens is 1010 g/mol. The third-order valence-electron chi connectivity index (χ3n) is 16.3. The van der Waals surface area contributed by atoms with E-state index in [1.165, 1.54) is 19.3 Å². The summed E-state index contributed by atoms with van der Waals surface area (Å²) >= 11 is 0. The zero-order chi connectivity index (χ0) is 56.2. The molecule has 2 N–H and O–H groups in total. The summed E-state index contributed by atoms with van der Waals surface area (Å²) in [5.41, 5.74) is 7.82. The van der Waals surface area contributed by atoms with Crippen LogP contribution in [0.15, 0.2) is 95.1 Å². The third kappa shape index (κ3) is 13.0. The van der Waals surface area contributed by atoms with Crippen LogP contribution in [-0.2, 0) is 38.6 Å². The van der Waals surface area contributed by atoms with Gasteiger partial charge in [-0.05, 0) is 111 Å². The van der Waals surface area contributed by atoms with Crippen molar-refractivity contribution in [3.05, 3.63) is 118 Å². The minimum absolute atomic E-state index is 0.0311. The zero-order valence-electron chi connectivity index (χ0n) is 47.4. The fourth-order valence-electron chi connectivity index (χ4n) is 11.8. The molecule has 4 aliphatic heterocycles. The summed E-state index contributed by atoms with van der Waals surface area (Å²) in [6, 6.07) is 21.0. The summed E-state index contributed by atoms with van der Waals surface area (Å²) in [7, 11) is 4.77. The fraction of sp³-hybridized carbons (Fsp3) is 0.469. The van der Waals surface area contributed by atoms with Crippen LogP contribution in [-0.4, -0.2) is 120 Å². The van der Waals surface area contributed by atoms with Crippen molar-refractivity contribution in [2.75, 3.05) is 89.1 Å². The van der Waals surface area contributed by atoms with Crippen molar-refractivity contribution in [2.45, 2.75) is 116 Å². The molecule has 3 amide bonds. The van der Waals surface area contributed by atoms with E-state index >= 15 is 0 Å². The number of carbonyl (C=O) groups is 3. The Labute approximate surface area is 471 Å². The quantitative estimate of drug-likeness (QED) is 0.0453.